The van der Waals surface area contributed by atoms with E-state index in [0.717, 1.165) is 23.3 Å². The quantitative estimate of drug-likeness (QED) is 0.722. The van der Waals surface area contributed by atoms with E-state index in [1.165, 1.54) is 44.1 Å². The Morgan fingerprint density at radius 3 is 2.00 bits per heavy atom. The molecular weight excluding hydrogens is 356 g/mol. The molecule has 2 aromatic carbocycles. The fourth-order valence-corrected chi connectivity index (χ4v) is 6.31. The zero-order valence-electron chi connectivity index (χ0n) is 16.4. The van der Waals surface area contributed by atoms with Crippen molar-refractivity contribution >= 4 is 5.97 Å². The maximum atomic E-state index is 11.0. The molecule has 1 N–H and O–H groups in total. The molecule has 0 aliphatic heterocycles. The summed E-state index contributed by atoms with van der Waals surface area (Å²) in [7, 11) is 0. The first-order valence-corrected chi connectivity index (χ1v) is 10.6. The summed E-state index contributed by atoms with van der Waals surface area (Å²) in [4.78, 5) is 11.0. The van der Waals surface area contributed by atoms with Crippen molar-refractivity contribution in [3.63, 3.8) is 0 Å². The second-order valence-corrected chi connectivity index (χ2v) is 9.16. The minimum Gasteiger partial charge on any atom is -0.478 e. The number of hydrogen-bond acceptors (Lipinski definition) is 1. The van der Waals surface area contributed by atoms with Crippen LogP contribution in [0.15, 0.2) is 48.5 Å². The highest BCUT2D eigenvalue weighted by molar-refractivity contribution is 5.88. The van der Waals surface area contributed by atoms with Crippen molar-refractivity contribution in [2.24, 2.45) is 17.8 Å². The number of hydrogen-bond donors (Lipinski definition) is 1. The van der Waals surface area contributed by atoms with Crippen molar-refractivity contribution < 1.29 is 9.90 Å². The molecule has 4 aliphatic rings. The molecule has 29 heavy (non-hydrogen) atoms. The molecule has 6 rings (SSSR count). The summed E-state index contributed by atoms with van der Waals surface area (Å²) < 4.78 is 0. The monoisotopic (exact) mass is 380 g/mol. The second-order valence-electron chi connectivity index (χ2n) is 9.16. The highest BCUT2D eigenvalue weighted by atomic mass is 16.4. The molecular formula is C27H24O2. The molecule has 0 atom stereocenters. The summed E-state index contributed by atoms with van der Waals surface area (Å²) in [5.41, 5.74) is 3.82. The topological polar surface area (TPSA) is 37.3 Å². The molecule has 4 bridgehead atoms. The van der Waals surface area contributed by atoms with E-state index < -0.39 is 5.97 Å². The van der Waals surface area contributed by atoms with Crippen molar-refractivity contribution in [2.75, 3.05) is 0 Å². The van der Waals surface area contributed by atoms with E-state index in [1.54, 1.807) is 24.3 Å². The summed E-state index contributed by atoms with van der Waals surface area (Å²) in [6.07, 6.45) is 8.55. The van der Waals surface area contributed by atoms with Crippen LogP contribution < -0.4 is 0 Å². The zero-order valence-corrected chi connectivity index (χ0v) is 16.4. The maximum absolute atomic E-state index is 11.0. The highest BCUT2D eigenvalue weighted by Gasteiger charge is 2.51. The zero-order chi connectivity index (χ0) is 19.8. The van der Waals surface area contributed by atoms with E-state index in [9.17, 15) is 4.79 Å². The molecule has 4 fully saturated rings. The Hall–Kier alpha value is -2.97. The molecule has 2 heteroatoms. The summed E-state index contributed by atoms with van der Waals surface area (Å²) in [6.45, 7) is 0. The van der Waals surface area contributed by atoms with Gasteiger partial charge >= 0.3 is 5.97 Å². The van der Waals surface area contributed by atoms with Crippen LogP contribution in [0.2, 0.25) is 0 Å². The highest BCUT2D eigenvalue weighted by Crippen LogP contribution is 2.60. The smallest absolute Gasteiger partial charge is 0.335 e. The Morgan fingerprint density at radius 1 is 0.828 bits per heavy atom. The number of rotatable bonds is 2. The Balaban J connectivity index is 1.30. The van der Waals surface area contributed by atoms with Gasteiger partial charge in [-0.2, -0.15) is 0 Å². The fourth-order valence-electron chi connectivity index (χ4n) is 6.31. The number of carboxylic acids is 1. The fraction of sp³-hybridized carbons (Fsp3) is 0.370. The van der Waals surface area contributed by atoms with E-state index in [4.69, 9.17) is 5.11 Å². The van der Waals surface area contributed by atoms with Crippen LogP contribution in [-0.2, 0) is 5.41 Å². The molecule has 4 aliphatic carbocycles. The van der Waals surface area contributed by atoms with E-state index in [1.807, 2.05) is 0 Å². The van der Waals surface area contributed by atoms with Crippen molar-refractivity contribution in [2.45, 2.75) is 43.9 Å². The first kappa shape index (κ1) is 18.1. The van der Waals surface area contributed by atoms with Crippen LogP contribution in [0.25, 0.3) is 0 Å². The molecule has 0 amide bonds. The van der Waals surface area contributed by atoms with Gasteiger partial charge in [0.05, 0.1) is 5.56 Å². The molecule has 2 aromatic rings. The molecule has 0 radical (unpaired) electrons. The van der Waals surface area contributed by atoms with Gasteiger partial charge in [-0.1, -0.05) is 30.0 Å². The normalized spacial score (nSPS) is 28.8. The van der Waals surface area contributed by atoms with E-state index in [-0.39, 0.29) is 5.56 Å². The lowest BCUT2D eigenvalue weighted by Crippen LogP contribution is -2.48. The van der Waals surface area contributed by atoms with Crippen LogP contribution in [0, 0.1) is 41.4 Å². The van der Waals surface area contributed by atoms with Gasteiger partial charge < -0.3 is 5.11 Å². The molecule has 0 spiro atoms. The molecule has 0 unspecified atom stereocenters. The maximum Gasteiger partial charge on any atom is 0.335 e. The van der Waals surface area contributed by atoms with Gasteiger partial charge in [0.2, 0.25) is 0 Å². The largest absolute Gasteiger partial charge is 0.478 e. The van der Waals surface area contributed by atoms with Crippen LogP contribution >= 0.6 is 0 Å². The molecule has 0 aromatic heterocycles. The Bertz CT molecular complexity index is 1030. The van der Waals surface area contributed by atoms with Crippen LogP contribution in [0.1, 0.15) is 65.6 Å². The number of aromatic carboxylic acids is 1. The Morgan fingerprint density at radius 2 is 1.41 bits per heavy atom. The van der Waals surface area contributed by atoms with E-state index >= 15 is 0 Å². The lowest BCUT2D eigenvalue weighted by atomic mass is 9.48. The summed E-state index contributed by atoms with van der Waals surface area (Å²) in [5.74, 6) is 13.7. The van der Waals surface area contributed by atoms with Crippen LogP contribution in [0.5, 0.6) is 0 Å². The van der Waals surface area contributed by atoms with Crippen molar-refractivity contribution in [3.8, 4) is 23.7 Å². The van der Waals surface area contributed by atoms with Gasteiger partial charge in [0.25, 0.3) is 0 Å². The Kier molecular flexibility index (Phi) is 4.44. The molecule has 144 valence electrons. The van der Waals surface area contributed by atoms with Gasteiger partial charge in [-0.3, -0.25) is 0 Å². The minimum atomic E-state index is -0.946. The first-order valence-electron chi connectivity index (χ1n) is 10.6. The van der Waals surface area contributed by atoms with Gasteiger partial charge in [0, 0.05) is 11.1 Å². The number of benzene rings is 2. The van der Waals surface area contributed by atoms with Gasteiger partial charge in [-0.25, -0.2) is 4.79 Å². The minimum absolute atomic E-state index is 0.241. The molecule has 2 nitrogen and oxygen atoms in total. The predicted octanol–water partition coefficient (Wildman–Crippen LogP) is 5.26. The van der Waals surface area contributed by atoms with Gasteiger partial charge in [-0.05, 0) is 109 Å². The third-order valence-corrected chi connectivity index (χ3v) is 7.12. The molecule has 0 heterocycles. The van der Waals surface area contributed by atoms with Gasteiger partial charge in [0.15, 0.2) is 0 Å². The number of carbonyl (C=O) groups is 1. The lowest BCUT2D eigenvalue weighted by molar-refractivity contribution is -0.00519. The second kappa shape index (κ2) is 7.13. The summed E-state index contributed by atoms with van der Waals surface area (Å²) in [6, 6.07) is 15.5. The van der Waals surface area contributed by atoms with Crippen molar-refractivity contribution in [1.82, 2.24) is 0 Å². The first-order chi connectivity index (χ1) is 14.1. The lowest BCUT2D eigenvalue weighted by Gasteiger charge is -2.57. The van der Waals surface area contributed by atoms with Gasteiger partial charge in [0.1, 0.15) is 0 Å². The van der Waals surface area contributed by atoms with Crippen LogP contribution in [-0.4, -0.2) is 11.1 Å². The summed E-state index contributed by atoms with van der Waals surface area (Å²) in [5, 5.41) is 9.04. The third-order valence-electron chi connectivity index (χ3n) is 7.12. The summed E-state index contributed by atoms with van der Waals surface area (Å²) >= 11 is 0. The van der Waals surface area contributed by atoms with Crippen molar-refractivity contribution in [1.29, 1.82) is 0 Å². The van der Waals surface area contributed by atoms with Crippen molar-refractivity contribution in [3.05, 3.63) is 70.8 Å². The molecule has 4 saturated carbocycles. The van der Waals surface area contributed by atoms with E-state index in [2.05, 4.69) is 47.9 Å². The van der Waals surface area contributed by atoms with Crippen LogP contribution in [0.3, 0.4) is 0 Å². The van der Waals surface area contributed by atoms with Crippen LogP contribution in [0.4, 0.5) is 0 Å². The average Bonchev–Trinajstić information content (AvgIpc) is 2.71. The SMILES string of the molecule is O=C(O)c1cccc(C#CC#Cc2ccc(C34CC5CC(CC(C5)C3)C4)cc2)c1. The van der Waals surface area contributed by atoms with E-state index in [0.29, 0.717) is 11.0 Å². The molecule has 0 saturated heterocycles. The number of carboxylic acid groups (broad SMARTS) is 1. The average molecular weight is 380 g/mol. The standard InChI is InChI=1S/C27H24O2/c28-26(29)24-7-3-6-20(15-24)5-2-1-4-19-8-10-25(11-9-19)27-16-21-12-22(17-27)14-23(13-21)18-27/h3,6-11,15,21-23H,12-14,16-18H2,(H,28,29). The van der Waals surface area contributed by atoms with Gasteiger partial charge in [-0.15, -0.1) is 0 Å². The third kappa shape index (κ3) is 3.56. The predicted molar refractivity (Wildman–Crippen MR) is 113 cm³/mol. The Labute approximate surface area is 172 Å².